The van der Waals surface area contributed by atoms with Crippen LogP contribution in [0.3, 0.4) is 0 Å². The number of likely N-dealkylation sites (tertiary alicyclic amines) is 1. The summed E-state index contributed by atoms with van der Waals surface area (Å²) in [6, 6.07) is -0.461. The summed E-state index contributed by atoms with van der Waals surface area (Å²) in [5.74, 6) is 0.212. The van der Waals surface area contributed by atoms with Crippen molar-refractivity contribution in [3.05, 3.63) is 12.7 Å². The average Bonchev–Trinajstić information content (AvgIpc) is 2.02. The van der Waals surface area contributed by atoms with E-state index in [1.165, 1.54) is 0 Å². The first-order valence-electron chi connectivity index (χ1n) is 4.45. The van der Waals surface area contributed by atoms with Crippen LogP contribution < -0.4 is 5.73 Å². The van der Waals surface area contributed by atoms with Crippen LogP contribution in [0, 0.1) is 5.92 Å². The maximum absolute atomic E-state index is 11.4. The molecular formula is C9H16N2O2. The van der Waals surface area contributed by atoms with E-state index in [0.717, 1.165) is 0 Å². The molecule has 0 bridgehead atoms. The molecule has 1 aliphatic heterocycles. The molecule has 74 valence electrons. The van der Waals surface area contributed by atoms with Crippen LogP contribution in [0.25, 0.3) is 0 Å². The SMILES string of the molecule is C=CCC(N)C(=O)N1CC(CO)C1. The van der Waals surface area contributed by atoms with Crippen LogP contribution in [0.4, 0.5) is 0 Å². The Bertz CT molecular complexity index is 200. The number of hydrogen-bond donors (Lipinski definition) is 2. The Balaban J connectivity index is 2.29. The Morgan fingerprint density at radius 1 is 1.77 bits per heavy atom. The first-order valence-corrected chi connectivity index (χ1v) is 4.45. The summed E-state index contributed by atoms with van der Waals surface area (Å²) in [4.78, 5) is 13.1. The number of rotatable bonds is 4. The van der Waals surface area contributed by atoms with Crippen molar-refractivity contribution in [3.8, 4) is 0 Å². The first-order chi connectivity index (χ1) is 6.19. The number of nitrogens with zero attached hydrogens (tertiary/aromatic N) is 1. The lowest BCUT2D eigenvalue weighted by molar-refractivity contribution is -0.139. The van der Waals surface area contributed by atoms with Crippen LogP contribution in [0.2, 0.25) is 0 Å². The molecule has 1 unspecified atom stereocenters. The predicted octanol–water partition coefficient (Wildman–Crippen LogP) is -0.659. The van der Waals surface area contributed by atoms with Crippen molar-refractivity contribution in [3.63, 3.8) is 0 Å². The zero-order valence-electron chi connectivity index (χ0n) is 7.65. The van der Waals surface area contributed by atoms with Gasteiger partial charge < -0.3 is 15.7 Å². The van der Waals surface area contributed by atoms with E-state index in [9.17, 15) is 4.79 Å². The number of amides is 1. The smallest absolute Gasteiger partial charge is 0.239 e. The van der Waals surface area contributed by atoms with Crippen molar-refractivity contribution in [2.24, 2.45) is 11.7 Å². The van der Waals surface area contributed by atoms with Crippen LogP contribution in [-0.4, -0.2) is 41.7 Å². The number of nitrogens with two attached hydrogens (primary N) is 1. The van der Waals surface area contributed by atoms with Crippen molar-refractivity contribution < 1.29 is 9.90 Å². The third-order valence-corrected chi connectivity index (χ3v) is 2.26. The van der Waals surface area contributed by atoms with Gasteiger partial charge in [-0.05, 0) is 6.42 Å². The Morgan fingerprint density at radius 3 is 2.85 bits per heavy atom. The molecule has 1 heterocycles. The number of carbonyl (C=O) groups is 1. The van der Waals surface area contributed by atoms with E-state index in [0.29, 0.717) is 19.5 Å². The lowest BCUT2D eigenvalue weighted by atomic mass is 10.00. The zero-order chi connectivity index (χ0) is 9.84. The van der Waals surface area contributed by atoms with E-state index in [1.807, 2.05) is 0 Å². The molecule has 1 fully saturated rings. The van der Waals surface area contributed by atoms with E-state index >= 15 is 0 Å². The second kappa shape index (κ2) is 4.39. The molecule has 1 amide bonds. The minimum Gasteiger partial charge on any atom is -0.396 e. The summed E-state index contributed by atoms with van der Waals surface area (Å²) in [6.07, 6.45) is 2.16. The molecule has 1 atom stereocenters. The van der Waals surface area contributed by atoms with E-state index in [-0.39, 0.29) is 18.4 Å². The highest BCUT2D eigenvalue weighted by Crippen LogP contribution is 2.15. The van der Waals surface area contributed by atoms with Gasteiger partial charge in [-0.15, -0.1) is 6.58 Å². The Morgan fingerprint density at radius 2 is 2.38 bits per heavy atom. The fourth-order valence-electron chi connectivity index (χ4n) is 1.38. The maximum atomic E-state index is 11.4. The molecule has 4 heteroatoms. The van der Waals surface area contributed by atoms with Crippen molar-refractivity contribution in [1.29, 1.82) is 0 Å². The molecule has 1 rings (SSSR count). The van der Waals surface area contributed by atoms with Crippen molar-refractivity contribution >= 4 is 5.91 Å². The Hall–Kier alpha value is -0.870. The van der Waals surface area contributed by atoms with Gasteiger partial charge in [-0.2, -0.15) is 0 Å². The maximum Gasteiger partial charge on any atom is 0.239 e. The molecule has 0 aromatic carbocycles. The third-order valence-electron chi connectivity index (χ3n) is 2.26. The van der Waals surface area contributed by atoms with Crippen LogP contribution in [0.15, 0.2) is 12.7 Å². The first kappa shape index (κ1) is 10.2. The van der Waals surface area contributed by atoms with Crippen molar-refractivity contribution in [2.45, 2.75) is 12.5 Å². The molecule has 0 aromatic rings. The molecule has 0 radical (unpaired) electrons. The van der Waals surface area contributed by atoms with Gasteiger partial charge in [0.15, 0.2) is 0 Å². The van der Waals surface area contributed by atoms with E-state index < -0.39 is 6.04 Å². The Labute approximate surface area is 78.0 Å². The average molecular weight is 184 g/mol. The molecule has 0 aliphatic carbocycles. The quantitative estimate of drug-likeness (QED) is 0.570. The second-order valence-electron chi connectivity index (χ2n) is 3.42. The largest absolute Gasteiger partial charge is 0.396 e. The molecule has 1 aliphatic rings. The number of aliphatic hydroxyl groups is 1. The molecule has 0 aromatic heterocycles. The number of carbonyl (C=O) groups excluding carboxylic acids is 1. The minimum atomic E-state index is -0.461. The Kier molecular flexibility index (Phi) is 3.45. The summed E-state index contributed by atoms with van der Waals surface area (Å²) in [6.45, 7) is 4.96. The van der Waals surface area contributed by atoms with Gasteiger partial charge in [0.2, 0.25) is 5.91 Å². The highest BCUT2D eigenvalue weighted by Gasteiger charge is 2.31. The fourth-order valence-corrected chi connectivity index (χ4v) is 1.38. The standard InChI is InChI=1S/C9H16N2O2/c1-2-3-8(10)9(13)11-4-7(5-11)6-12/h2,7-8,12H,1,3-6,10H2. The normalized spacial score (nSPS) is 19.4. The molecule has 1 saturated heterocycles. The van der Waals surface area contributed by atoms with Crippen LogP contribution in [-0.2, 0) is 4.79 Å². The van der Waals surface area contributed by atoms with Gasteiger partial charge in [-0.3, -0.25) is 4.79 Å². The summed E-state index contributed by atoms with van der Waals surface area (Å²) in [5, 5.41) is 8.74. The summed E-state index contributed by atoms with van der Waals surface area (Å²) in [7, 11) is 0. The monoisotopic (exact) mass is 184 g/mol. The highest BCUT2D eigenvalue weighted by atomic mass is 16.3. The zero-order valence-corrected chi connectivity index (χ0v) is 7.65. The fraction of sp³-hybridized carbons (Fsp3) is 0.667. The lowest BCUT2D eigenvalue weighted by Gasteiger charge is -2.39. The predicted molar refractivity (Wildman–Crippen MR) is 49.9 cm³/mol. The van der Waals surface area contributed by atoms with Gasteiger partial charge in [-0.25, -0.2) is 0 Å². The van der Waals surface area contributed by atoms with Crippen LogP contribution in [0.1, 0.15) is 6.42 Å². The van der Waals surface area contributed by atoms with E-state index in [1.54, 1.807) is 11.0 Å². The van der Waals surface area contributed by atoms with Crippen molar-refractivity contribution in [2.75, 3.05) is 19.7 Å². The molecule has 4 nitrogen and oxygen atoms in total. The second-order valence-corrected chi connectivity index (χ2v) is 3.42. The minimum absolute atomic E-state index is 0.0374. The van der Waals surface area contributed by atoms with E-state index in [4.69, 9.17) is 10.8 Å². The van der Waals surface area contributed by atoms with E-state index in [2.05, 4.69) is 6.58 Å². The molecule has 13 heavy (non-hydrogen) atoms. The highest BCUT2D eigenvalue weighted by molar-refractivity contribution is 5.82. The lowest BCUT2D eigenvalue weighted by Crippen LogP contribution is -2.56. The molecular weight excluding hydrogens is 168 g/mol. The summed E-state index contributed by atoms with van der Waals surface area (Å²) in [5.41, 5.74) is 5.60. The molecule has 0 spiro atoms. The van der Waals surface area contributed by atoms with Gasteiger partial charge in [0.05, 0.1) is 6.04 Å². The summed E-state index contributed by atoms with van der Waals surface area (Å²) >= 11 is 0. The topological polar surface area (TPSA) is 66.6 Å². The van der Waals surface area contributed by atoms with Gasteiger partial charge in [-0.1, -0.05) is 6.08 Å². The van der Waals surface area contributed by atoms with Gasteiger partial charge in [0.1, 0.15) is 0 Å². The molecule has 0 saturated carbocycles. The number of hydrogen-bond acceptors (Lipinski definition) is 3. The van der Waals surface area contributed by atoms with Crippen molar-refractivity contribution in [1.82, 2.24) is 4.90 Å². The van der Waals surface area contributed by atoms with Crippen LogP contribution >= 0.6 is 0 Å². The summed E-state index contributed by atoms with van der Waals surface area (Å²) < 4.78 is 0. The third kappa shape index (κ3) is 2.29. The van der Waals surface area contributed by atoms with Crippen LogP contribution in [0.5, 0.6) is 0 Å². The van der Waals surface area contributed by atoms with Gasteiger partial charge in [0.25, 0.3) is 0 Å². The molecule has 3 N–H and O–H groups in total. The van der Waals surface area contributed by atoms with Gasteiger partial charge >= 0.3 is 0 Å². The number of aliphatic hydroxyl groups excluding tert-OH is 1. The van der Waals surface area contributed by atoms with Gasteiger partial charge in [0, 0.05) is 25.6 Å².